The van der Waals surface area contributed by atoms with Crippen molar-refractivity contribution < 1.29 is 9.21 Å². The molecule has 3 aromatic heterocycles. The topological polar surface area (TPSA) is 59.2 Å². The summed E-state index contributed by atoms with van der Waals surface area (Å²) >= 11 is 1.55. The van der Waals surface area contributed by atoms with Crippen LogP contribution in [0.15, 0.2) is 52.6 Å². The van der Waals surface area contributed by atoms with Gasteiger partial charge in [0.25, 0.3) is 0 Å². The number of nitrogens with zero attached hydrogens (tertiary/aromatic N) is 3. The van der Waals surface area contributed by atoms with Crippen molar-refractivity contribution in [3.8, 4) is 0 Å². The number of pyridine rings is 1. The quantitative estimate of drug-likeness (QED) is 0.697. The monoisotopic (exact) mass is 327 g/mol. The van der Waals surface area contributed by atoms with E-state index in [-0.39, 0.29) is 12.3 Å². The first-order valence-electron chi connectivity index (χ1n) is 7.32. The largest absolute Gasteiger partial charge is 0.467 e. The van der Waals surface area contributed by atoms with Gasteiger partial charge in [-0.3, -0.25) is 9.78 Å². The lowest BCUT2D eigenvalue weighted by molar-refractivity contribution is -0.132. The summed E-state index contributed by atoms with van der Waals surface area (Å²) in [6.45, 7) is 2.81. The third-order valence-electron chi connectivity index (χ3n) is 3.36. The predicted octanol–water partition coefficient (Wildman–Crippen LogP) is 3.21. The number of carbonyl (C=O) groups is 1. The fraction of sp³-hybridized carbons (Fsp3) is 0.235. The highest BCUT2D eigenvalue weighted by atomic mass is 32.1. The molecule has 0 saturated carbocycles. The first-order chi connectivity index (χ1) is 11.2. The summed E-state index contributed by atoms with van der Waals surface area (Å²) in [4.78, 5) is 23.1. The number of furan rings is 1. The molecule has 0 fully saturated rings. The standard InChI is InChI=1S/C17H17N3O2S/c1-13-19-15(12-23-13)9-17(21)20(11-16-6-4-8-22-16)10-14-5-2-3-7-18-14/h2-8,12H,9-11H2,1H3. The molecule has 5 nitrogen and oxygen atoms in total. The van der Waals surface area contributed by atoms with E-state index in [1.807, 2.05) is 42.6 Å². The van der Waals surface area contributed by atoms with Crippen LogP contribution in [-0.2, 0) is 24.3 Å². The van der Waals surface area contributed by atoms with E-state index in [1.54, 1.807) is 28.7 Å². The van der Waals surface area contributed by atoms with Crippen LogP contribution in [0.1, 0.15) is 22.2 Å². The summed E-state index contributed by atoms with van der Waals surface area (Å²) in [5.74, 6) is 0.765. The average molecular weight is 327 g/mol. The molecule has 0 aliphatic rings. The summed E-state index contributed by atoms with van der Waals surface area (Å²) in [7, 11) is 0. The van der Waals surface area contributed by atoms with Gasteiger partial charge in [-0.15, -0.1) is 11.3 Å². The maximum absolute atomic E-state index is 12.7. The van der Waals surface area contributed by atoms with Gasteiger partial charge >= 0.3 is 0 Å². The number of rotatable bonds is 6. The minimum atomic E-state index is 0.0114. The van der Waals surface area contributed by atoms with Crippen LogP contribution in [0.3, 0.4) is 0 Å². The fourth-order valence-electron chi connectivity index (χ4n) is 2.27. The Morgan fingerprint density at radius 3 is 2.78 bits per heavy atom. The van der Waals surface area contributed by atoms with Crippen LogP contribution in [0.4, 0.5) is 0 Å². The molecule has 0 aliphatic heterocycles. The molecule has 3 aromatic rings. The lowest BCUT2D eigenvalue weighted by atomic mass is 10.2. The van der Waals surface area contributed by atoms with Crippen LogP contribution in [-0.4, -0.2) is 20.8 Å². The Balaban J connectivity index is 1.74. The molecular weight excluding hydrogens is 310 g/mol. The molecule has 0 spiro atoms. The first kappa shape index (κ1) is 15.4. The third kappa shape index (κ3) is 4.26. The highest BCUT2D eigenvalue weighted by Crippen LogP contribution is 2.14. The number of hydrogen-bond donors (Lipinski definition) is 0. The second-order valence-electron chi connectivity index (χ2n) is 5.18. The van der Waals surface area contributed by atoms with E-state index in [9.17, 15) is 4.79 Å². The maximum atomic E-state index is 12.7. The zero-order chi connectivity index (χ0) is 16.1. The average Bonchev–Trinajstić information content (AvgIpc) is 3.19. The van der Waals surface area contributed by atoms with Gasteiger partial charge in [-0.2, -0.15) is 0 Å². The Morgan fingerprint density at radius 1 is 1.22 bits per heavy atom. The smallest absolute Gasteiger partial charge is 0.229 e. The highest BCUT2D eigenvalue weighted by molar-refractivity contribution is 7.09. The van der Waals surface area contributed by atoms with Crippen molar-refractivity contribution in [3.63, 3.8) is 0 Å². The SMILES string of the molecule is Cc1nc(CC(=O)N(Cc2ccccn2)Cc2ccco2)cs1. The second-order valence-corrected chi connectivity index (χ2v) is 6.25. The number of aryl methyl sites for hydroxylation is 1. The minimum absolute atomic E-state index is 0.0114. The van der Waals surface area contributed by atoms with Crippen molar-refractivity contribution in [3.05, 3.63) is 70.3 Å². The molecule has 0 aliphatic carbocycles. The highest BCUT2D eigenvalue weighted by Gasteiger charge is 2.18. The van der Waals surface area contributed by atoms with Crippen molar-refractivity contribution >= 4 is 17.2 Å². The molecule has 3 heterocycles. The van der Waals surface area contributed by atoms with Crippen molar-refractivity contribution in [2.75, 3.05) is 0 Å². The Hall–Kier alpha value is -2.47. The number of hydrogen-bond acceptors (Lipinski definition) is 5. The maximum Gasteiger partial charge on any atom is 0.229 e. The van der Waals surface area contributed by atoms with Crippen LogP contribution >= 0.6 is 11.3 Å². The molecule has 0 saturated heterocycles. The van der Waals surface area contributed by atoms with E-state index in [2.05, 4.69) is 9.97 Å². The minimum Gasteiger partial charge on any atom is -0.467 e. The summed E-state index contributed by atoms with van der Waals surface area (Å²) in [6.07, 6.45) is 3.63. The zero-order valence-electron chi connectivity index (χ0n) is 12.8. The molecular formula is C17H17N3O2S. The summed E-state index contributed by atoms with van der Waals surface area (Å²) in [6, 6.07) is 9.38. The van der Waals surface area contributed by atoms with Crippen molar-refractivity contribution in [1.29, 1.82) is 0 Å². The Morgan fingerprint density at radius 2 is 2.13 bits per heavy atom. The normalized spacial score (nSPS) is 10.7. The molecule has 0 atom stereocenters. The summed E-state index contributed by atoms with van der Waals surface area (Å²) < 4.78 is 5.38. The van der Waals surface area contributed by atoms with Gasteiger partial charge in [0.15, 0.2) is 0 Å². The molecule has 23 heavy (non-hydrogen) atoms. The Bertz CT molecular complexity index is 753. The molecule has 1 amide bonds. The summed E-state index contributed by atoms with van der Waals surface area (Å²) in [5.41, 5.74) is 1.66. The number of aromatic nitrogens is 2. The van der Waals surface area contributed by atoms with Gasteiger partial charge in [0.05, 0.1) is 42.2 Å². The van der Waals surface area contributed by atoms with E-state index in [0.717, 1.165) is 22.2 Å². The Kier molecular flexibility index (Phi) is 4.83. The van der Waals surface area contributed by atoms with Gasteiger partial charge in [0, 0.05) is 11.6 Å². The molecule has 0 aromatic carbocycles. The van der Waals surface area contributed by atoms with E-state index >= 15 is 0 Å². The molecule has 0 unspecified atom stereocenters. The molecule has 3 rings (SSSR count). The van der Waals surface area contributed by atoms with Crippen LogP contribution in [0, 0.1) is 6.92 Å². The van der Waals surface area contributed by atoms with Crippen LogP contribution in [0.5, 0.6) is 0 Å². The zero-order valence-corrected chi connectivity index (χ0v) is 13.6. The van der Waals surface area contributed by atoms with Gasteiger partial charge in [-0.05, 0) is 31.2 Å². The summed E-state index contributed by atoms with van der Waals surface area (Å²) in [5, 5.41) is 2.90. The van der Waals surface area contributed by atoms with Gasteiger partial charge in [-0.1, -0.05) is 6.07 Å². The van der Waals surface area contributed by atoms with Gasteiger partial charge < -0.3 is 9.32 Å². The van der Waals surface area contributed by atoms with E-state index < -0.39 is 0 Å². The van der Waals surface area contributed by atoms with E-state index in [0.29, 0.717) is 13.1 Å². The molecule has 0 radical (unpaired) electrons. The molecule has 0 N–H and O–H groups in total. The lowest BCUT2D eigenvalue weighted by Gasteiger charge is -2.21. The first-order valence-corrected chi connectivity index (χ1v) is 8.20. The second kappa shape index (κ2) is 7.19. The third-order valence-corrected chi connectivity index (χ3v) is 4.18. The van der Waals surface area contributed by atoms with Crippen molar-refractivity contribution in [2.24, 2.45) is 0 Å². The molecule has 0 bridgehead atoms. The number of amides is 1. The van der Waals surface area contributed by atoms with Crippen LogP contribution < -0.4 is 0 Å². The molecule has 6 heteroatoms. The van der Waals surface area contributed by atoms with Gasteiger partial charge in [0.1, 0.15) is 5.76 Å². The number of thiazole rings is 1. The number of carbonyl (C=O) groups excluding carboxylic acids is 1. The molecule has 118 valence electrons. The Labute approximate surface area is 138 Å². The van der Waals surface area contributed by atoms with Gasteiger partial charge in [0.2, 0.25) is 5.91 Å². The van der Waals surface area contributed by atoms with E-state index in [1.165, 1.54) is 0 Å². The van der Waals surface area contributed by atoms with E-state index in [4.69, 9.17) is 4.42 Å². The van der Waals surface area contributed by atoms with Crippen LogP contribution in [0.2, 0.25) is 0 Å². The van der Waals surface area contributed by atoms with Crippen molar-refractivity contribution in [2.45, 2.75) is 26.4 Å². The predicted molar refractivity (Wildman–Crippen MR) is 87.8 cm³/mol. The van der Waals surface area contributed by atoms with Gasteiger partial charge in [-0.25, -0.2) is 4.98 Å². The van der Waals surface area contributed by atoms with Crippen molar-refractivity contribution in [1.82, 2.24) is 14.9 Å². The fourth-order valence-corrected chi connectivity index (χ4v) is 2.88. The lowest BCUT2D eigenvalue weighted by Crippen LogP contribution is -2.31. The van der Waals surface area contributed by atoms with Crippen LogP contribution in [0.25, 0.3) is 0 Å².